The van der Waals surface area contributed by atoms with Crippen molar-refractivity contribution in [3.63, 3.8) is 0 Å². The number of rotatable bonds is 7. The number of tetrazole rings is 1. The Morgan fingerprint density at radius 1 is 1.09 bits per heavy atom. The van der Waals surface area contributed by atoms with E-state index in [1.165, 1.54) is 32.7 Å². The molecule has 0 atom stereocenters. The van der Waals surface area contributed by atoms with Crippen LogP contribution >= 0.6 is 11.3 Å². The summed E-state index contributed by atoms with van der Waals surface area (Å²) >= 11 is 1.34. The Morgan fingerprint density at radius 3 is 2.44 bits per heavy atom. The summed E-state index contributed by atoms with van der Waals surface area (Å²) in [5, 5.41) is 10.0. The van der Waals surface area contributed by atoms with Gasteiger partial charge in [-0.3, -0.25) is 4.79 Å². The van der Waals surface area contributed by atoms with E-state index < -0.39 is 15.7 Å². The van der Waals surface area contributed by atoms with Crippen molar-refractivity contribution in [3.8, 4) is 10.8 Å². The highest BCUT2D eigenvalue weighted by Crippen LogP contribution is 2.21. The molecule has 1 aliphatic heterocycles. The highest BCUT2D eigenvalue weighted by atomic mass is 32.2. The van der Waals surface area contributed by atoms with Gasteiger partial charge in [0.15, 0.2) is 0 Å². The summed E-state index contributed by atoms with van der Waals surface area (Å²) in [6.07, 6.45) is 0. The van der Waals surface area contributed by atoms with Crippen molar-refractivity contribution in [2.75, 3.05) is 32.8 Å². The molecule has 4 rings (SSSR count). The number of sulfonamides is 1. The summed E-state index contributed by atoms with van der Waals surface area (Å²) in [5.74, 6) is 0.288. The molecule has 0 radical (unpaired) electrons. The van der Waals surface area contributed by atoms with Crippen molar-refractivity contribution >= 4 is 27.3 Å². The number of ether oxygens (including phenoxy) is 1. The first-order chi connectivity index (χ1) is 15.4. The van der Waals surface area contributed by atoms with Crippen molar-refractivity contribution in [3.05, 3.63) is 52.3 Å². The molecule has 13 heteroatoms. The summed E-state index contributed by atoms with van der Waals surface area (Å²) in [4.78, 5) is 26.8. The number of carbonyl (C=O) groups excluding carboxylic acids is 1. The van der Waals surface area contributed by atoms with Crippen LogP contribution in [-0.4, -0.2) is 76.1 Å². The summed E-state index contributed by atoms with van der Waals surface area (Å²) in [6, 6.07) is 9.80. The van der Waals surface area contributed by atoms with Gasteiger partial charge in [-0.25, -0.2) is 13.2 Å². The van der Waals surface area contributed by atoms with Crippen LogP contribution in [0.5, 0.6) is 5.75 Å². The van der Waals surface area contributed by atoms with E-state index in [4.69, 9.17) is 4.74 Å². The van der Waals surface area contributed by atoms with E-state index in [-0.39, 0.29) is 43.5 Å². The molecule has 3 aromatic rings. The zero-order chi connectivity index (χ0) is 22.7. The van der Waals surface area contributed by atoms with Crippen LogP contribution in [0, 0.1) is 0 Å². The lowest BCUT2D eigenvalue weighted by molar-refractivity contribution is -0.133. The number of aromatic nitrogens is 4. The van der Waals surface area contributed by atoms with Crippen LogP contribution < -0.4 is 10.4 Å². The quantitative estimate of drug-likeness (QED) is 0.483. The second kappa shape index (κ2) is 9.22. The fourth-order valence-electron chi connectivity index (χ4n) is 3.33. The summed E-state index contributed by atoms with van der Waals surface area (Å²) in [5.41, 5.74) is -0.502. The molecule has 1 aliphatic rings. The molecule has 1 saturated heterocycles. The highest BCUT2D eigenvalue weighted by molar-refractivity contribution is 7.89. The maximum absolute atomic E-state index is 12.9. The van der Waals surface area contributed by atoms with E-state index in [1.807, 2.05) is 12.3 Å². The predicted molar refractivity (Wildman–Crippen MR) is 116 cm³/mol. The first kappa shape index (κ1) is 22.2. The fraction of sp³-hybridized carbons (Fsp3) is 0.368. The Kier molecular flexibility index (Phi) is 6.39. The number of carbonyl (C=O) groups is 1. The number of benzene rings is 1. The van der Waals surface area contributed by atoms with Gasteiger partial charge < -0.3 is 9.64 Å². The standard InChI is InChI=1S/C19H22N6O5S2/c1-2-30-15-5-7-16(8-6-15)32(28,29)23-11-9-22(10-12-23)17(26)14-24-19(27)25(21-20-24)18-4-3-13-31-18/h3-8,13H,2,9-12,14H2,1H3. The second-order valence-electron chi connectivity index (χ2n) is 6.97. The van der Waals surface area contributed by atoms with Crippen molar-refractivity contribution in [2.24, 2.45) is 0 Å². The van der Waals surface area contributed by atoms with Crippen LogP contribution in [-0.2, 0) is 21.4 Å². The summed E-state index contributed by atoms with van der Waals surface area (Å²) in [6.45, 7) is 2.88. The maximum Gasteiger partial charge on any atom is 0.369 e. The Labute approximate surface area is 188 Å². The number of hydrogen-bond acceptors (Lipinski definition) is 8. The van der Waals surface area contributed by atoms with Gasteiger partial charge in [0.1, 0.15) is 17.3 Å². The average Bonchev–Trinajstić information content (AvgIpc) is 3.45. The molecule has 170 valence electrons. The van der Waals surface area contributed by atoms with Gasteiger partial charge in [0.2, 0.25) is 15.9 Å². The number of piperazine rings is 1. The van der Waals surface area contributed by atoms with E-state index in [2.05, 4.69) is 10.4 Å². The average molecular weight is 479 g/mol. The SMILES string of the molecule is CCOc1ccc(S(=O)(=O)N2CCN(C(=O)Cn3nnn(-c4cccs4)c3=O)CC2)cc1. The molecule has 1 aromatic carbocycles. The molecule has 11 nitrogen and oxygen atoms in total. The minimum absolute atomic E-state index is 0.165. The Balaban J connectivity index is 1.37. The van der Waals surface area contributed by atoms with E-state index in [9.17, 15) is 18.0 Å². The van der Waals surface area contributed by atoms with Crippen LogP contribution in [0.25, 0.3) is 5.00 Å². The minimum Gasteiger partial charge on any atom is -0.494 e. The lowest BCUT2D eigenvalue weighted by atomic mass is 10.3. The molecule has 0 spiro atoms. The van der Waals surface area contributed by atoms with Crippen LogP contribution in [0.3, 0.4) is 0 Å². The van der Waals surface area contributed by atoms with Crippen LogP contribution in [0.4, 0.5) is 0 Å². The molecule has 1 fully saturated rings. The third-order valence-corrected chi connectivity index (χ3v) is 7.76. The van der Waals surface area contributed by atoms with Crippen molar-refractivity contribution < 1.29 is 17.9 Å². The third kappa shape index (κ3) is 4.45. The second-order valence-corrected chi connectivity index (χ2v) is 9.84. The maximum atomic E-state index is 12.9. The molecule has 0 saturated carbocycles. The van der Waals surface area contributed by atoms with E-state index >= 15 is 0 Å². The third-order valence-electron chi connectivity index (χ3n) is 5.00. The highest BCUT2D eigenvalue weighted by Gasteiger charge is 2.30. The topological polar surface area (TPSA) is 120 Å². The molecular weight excluding hydrogens is 456 g/mol. The molecule has 0 aliphatic carbocycles. The van der Waals surface area contributed by atoms with E-state index in [1.54, 1.807) is 24.3 Å². The lowest BCUT2D eigenvalue weighted by Crippen LogP contribution is -2.51. The van der Waals surface area contributed by atoms with Crippen molar-refractivity contribution in [1.82, 2.24) is 29.0 Å². The molecule has 0 unspecified atom stereocenters. The first-order valence-electron chi connectivity index (χ1n) is 9.97. The largest absolute Gasteiger partial charge is 0.494 e. The van der Waals surface area contributed by atoms with Crippen molar-refractivity contribution in [1.29, 1.82) is 0 Å². The lowest BCUT2D eigenvalue weighted by Gasteiger charge is -2.33. The Bertz CT molecular complexity index is 1230. The molecular formula is C19H22N6O5S2. The van der Waals surface area contributed by atoms with Gasteiger partial charge in [0.05, 0.1) is 11.5 Å². The zero-order valence-electron chi connectivity index (χ0n) is 17.3. The van der Waals surface area contributed by atoms with Crippen LogP contribution in [0.1, 0.15) is 6.92 Å². The minimum atomic E-state index is -3.67. The van der Waals surface area contributed by atoms with Gasteiger partial charge in [-0.15, -0.1) is 11.3 Å². The van der Waals surface area contributed by atoms with Gasteiger partial charge in [0.25, 0.3) is 0 Å². The van der Waals surface area contributed by atoms with E-state index in [0.717, 1.165) is 9.36 Å². The molecule has 3 heterocycles. The Hall–Kier alpha value is -3.03. The normalized spacial score (nSPS) is 15.1. The molecule has 1 amide bonds. The van der Waals surface area contributed by atoms with Crippen LogP contribution in [0.15, 0.2) is 51.5 Å². The van der Waals surface area contributed by atoms with Gasteiger partial charge in [-0.2, -0.15) is 13.7 Å². The number of nitrogens with zero attached hydrogens (tertiary/aromatic N) is 6. The molecule has 0 bridgehead atoms. The Morgan fingerprint density at radius 2 is 1.81 bits per heavy atom. The molecule has 32 heavy (non-hydrogen) atoms. The number of amides is 1. The predicted octanol–water partition coefficient (Wildman–Crippen LogP) is 0.422. The summed E-state index contributed by atoms with van der Waals surface area (Å²) < 4.78 is 34.6. The fourth-order valence-corrected chi connectivity index (χ4v) is 5.42. The van der Waals surface area contributed by atoms with Gasteiger partial charge in [-0.05, 0) is 59.1 Å². The smallest absolute Gasteiger partial charge is 0.369 e. The number of thiophene rings is 1. The van der Waals surface area contributed by atoms with Gasteiger partial charge in [-0.1, -0.05) is 0 Å². The molecule has 2 aromatic heterocycles. The van der Waals surface area contributed by atoms with E-state index in [0.29, 0.717) is 17.4 Å². The van der Waals surface area contributed by atoms with Crippen LogP contribution in [0.2, 0.25) is 0 Å². The summed E-state index contributed by atoms with van der Waals surface area (Å²) in [7, 11) is -3.67. The first-order valence-corrected chi connectivity index (χ1v) is 12.3. The van der Waals surface area contributed by atoms with Gasteiger partial charge >= 0.3 is 5.69 Å². The monoisotopic (exact) mass is 478 g/mol. The zero-order valence-corrected chi connectivity index (χ0v) is 19.0. The molecule has 0 N–H and O–H groups in total. The van der Waals surface area contributed by atoms with Gasteiger partial charge in [0, 0.05) is 26.2 Å². The number of hydrogen-bond donors (Lipinski definition) is 0. The van der Waals surface area contributed by atoms with Crippen molar-refractivity contribution in [2.45, 2.75) is 18.4 Å².